The van der Waals surface area contributed by atoms with Crippen LogP contribution in [0.2, 0.25) is 0 Å². The maximum Gasteiger partial charge on any atom is 0.333 e. The van der Waals surface area contributed by atoms with Crippen LogP contribution in [0.25, 0.3) is 0 Å². The highest BCUT2D eigenvalue weighted by molar-refractivity contribution is 6.04. The summed E-state index contributed by atoms with van der Waals surface area (Å²) in [5, 5.41) is 14.1. The molecule has 0 saturated heterocycles. The number of carbonyl (C=O) groups excluding carboxylic acids is 3. The highest BCUT2D eigenvalue weighted by atomic mass is 16.6. The van der Waals surface area contributed by atoms with E-state index in [2.05, 4.69) is 27.4 Å². The molecule has 0 radical (unpaired) electrons. The van der Waals surface area contributed by atoms with Gasteiger partial charge in [0.05, 0.1) is 11.4 Å². The molecule has 0 aromatic heterocycles. The molecular weight excluding hydrogens is 496 g/mol. The molecule has 3 aromatic rings. The van der Waals surface area contributed by atoms with Crippen molar-refractivity contribution in [2.75, 3.05) is 23.8 Å². The van der Waals surface area contributed by atoms with Crippen molar-refractivity contribution in [3.05, 3.63) is 90.5 Å². The largest absolute Gasteiger partial charge is 0.490 e. The summed E-state index contributed by atoms with van der Waals surface area (Å²) < 4.78 is 10.5. The van der Waals surface area contributed by atoms with E-state index < -0.39 is 11.4 Å². The van der Waals surface area contributed by atoms with Crippen molar-refractivity contribution >= 4 is 40.5 Å². The van der Waals surface area contributed by atoms with E-state index in [-0.39, 0.29) is 25.0 Å². The van der Waals surface area contributed by atoms with Crippen LogP contribution in [0.5, 0.6) is 5.75 Å². The van der Waals surface area contributed by atoms with Crippen LogP contribution in [0, 0.1) is 5.41 Å². The van der Waals surface area contributed by atoms with Crippen LogP contribution in [-0.4, -0.2) is 31.0 Å². The highest BCUT2D eigenvalue weighted by Gasteiger charge is 2.21. The second-order valence-corrected chi connectivity index (χ2v) is 9.74. The Hall–Kier alpha value is -4.79. The predicted octanol–water partition coefficient (Wildman–Crippen LogP) is 6.84. The zero-order chi connectivity index (χ0) is 28.4. The van der Waals surface area contributed by atoms with E-state index in [1.54, 1.807) is 79.7 Å². The molecule has 0 aliphatic heterocycles. The van der Waals surface area contributed by atoms with Gasteiger partial charge in [-0.3, -0.25) is 9.59 Å². The Morgan fingerprint density at radius 3 is 1.77 bits per heavy atom. The smallest absolute Gasteiger partial charge is 0.333 e. The Kier molecular flexibility index (Phi) is 9.69. The summed E-state index contributed by atoms with van der Waals surface area (Å²) in [6.45, 7) is 10.9. The lowest BCUT2D eigenvalue weighted by atomic mass is 9.95. The molecule has 0 spiro atoms. The maximum atomic E-state index is 12.6. The van der Waals surface area contributed by atoms with Gasteiger partial charge in [-0.2, -0.15) is 10.2 Å². The molecular formula is C30H32N4O5. The normalized spacial score (nSPS) is 11.1. The van der Waals surface area contributed by atoms with Crippen molar-refractivity contribution < 1.29 is 23.9 Å². The van der Waals surface area contributed by atoms with Gasteiger partial charge in [-0.1, -0.05) is 27.4 Å². The average Bonchev–Trinajstić information content (AvgIpc) is 2.91. The second-order valence-electron chi connectivity index (χ2n) is 9.74. The number of esters is 1. The van der Waals surface area contributed by atoms with Gasteiger partial charge in [-0.15, -0.1) is 0 Å². The number of hydrogen-bond acceptors (Lipinski definition) is 7. The first-order valence-electron chi connectivity index (χ1n) is 12.3. The zero-order valence-electron chi connectivity index (χ0n) is 22.5. The molecule has 0 saturated carbocycles. The number of carbonyl (C=O) groups is 3. The molecule has 0 heterocycles. The van der Waals surface area contributed by atoms with Crippen LogP contribution >= 0.6 is 0 Å². The molecule has 2 N–H and O–H groups in total. The van der Waals surface area contributed by atoms with E-state index >= 15 is 0 Å². The first kappa shape index (κ1) is 28.8. The first-order valence-corrected chi connectivity index (χ1v) is 12.3. The molecule has 39 heavy (non-hydrogen) atoms. The van der Waals surface area contributed by atoms with Gasteiger partial charge in [0.15, 0.2) is 0 Å². The van der Waals surface area contributed by atoms with Crippen LogP contribution in [-0.2, 0) is 14.3 Å². The number of nitrogens with zero attached hydrogens (tertiary/aromatic N) is 2. The van der Waals surface area contributed by atoms with E-state index in [0.717, 1.165) is 0 Å². The third-order valence-electron chi connectivity index (χ3n) is 5.26. The average molecular weight is 529 g/mol. The van der Waals surface area contributed by atoms with Crippen LogP contribution in [0.15, 0.2) is 95.2 Å². The lowest BCUT2D eigenvalue weighted by Crippen LogP contribution is -2.27. The number of amides is 2. The van der Waals surface area contributed by atoms with E-state index in [1.807, 2.05) is 20.8 Å². The van der Waals surface area contributed by atoms with Crippen molar-refractivity contribution in [3.8, 4) is 5.75 Å². The van der Waals surface area contributed by atoms with Gasteiger partial charge in [-0.05, 0) is 79.7 Å². The monoisotopic (exact) mass is 528 g/mol. The molecule has 9 nitrogen and oxygen atoms in total. The predicted molar refractivity (Wildman–Crippen MR) is 151 cm³/mol. The number of rotatable bonds is 10. The lowest BCUT2D eigenvalue weighted by molar-refractivity contribution is -0.139. The fourth-order valence-corrected chi connectivity index (χ4v) is 2.98. The van der Waals surface area contributed by atoms with Crippen molar-refractivity contribution in [1.29, 1.82) is 0 Å². The first-order chi connectivity index (χ1) is 18.5. The summed E-state index contributed by atoms with van der Waals surface area (Å²) in [7, 11) is 0. The van der Waals surface area contributed by atoms with Gasteiger partial charge in [0, 0.05) is 27.9 Å². The Bertz CT molecular complexity index is 1340. The third-order valence-corrected chi connectivity index (χ3v) is 5.26. The standard InChI is InChI=1S/C30H32N4O5/c1-20(2)28(36)39-19-18-38-26-16-6-21(7-17-26)27(35)31-22-8-12-24(13-9-22)33-34-25-14-10-23(11-15-25)32-29(37)30(3,4)5/h6-17H,1,18-19H2,2-5H3,(H,31,35)(H,32,37). The van der Waals surface area contributed by atoms with Crippen LogP contribution in [0.3, 0.4) is 0 Å². The molecule has 202 valence electrons. The maximum absolute atomic E-state index is 12.6. The summed E-state index contributed by atoms with van der Waals surface area (Å²) in [6, 6.07) is 20.7. The number of azo groups is 1. The Morgan fingerprint density at radius 1 is 0.769 bits per heavy atom. The number of ether oxygens (including phenoxy) is 2. The molecule has 9 heteroatoms. The molecule has 3 aromatic carbocycles. The fourth-order valence-electron chi connectivity index (χ4n) is 2.98. The Labute approximate surface area is 227 Å². The van der Waals surface area contributed by atoms with Gasteiger partial charge in [0.1, 0.15) is 19.0 Å². The summed E-state index contributed by atoms with van der Waals surface area (Å²) >= 11 is 0. The third kappa shape index (κ3) is 9.23. The van der Waals surface area contributed by atoms with Crippen molar-refractivity contribution in [3.63, 3.8) is 0 Å². The van der Waals surface area contributed by atoms with Gasteiger partial charge in [0.2, 0.25) is 5.91 Å². The molecule has 0 aliphatic rings. The zero-order valence-corrected chi connectivity index (χ0v) is 22.5. The molecule has 0 fully saturated rings. The van der Waals surface area contributed by atoms with E-state index in [0.29, 0.717) is 39.6 Å². The Balaban J connectivity index is 1.48. The summed E-state index contributed by atoms with van der Waals surface area (Å²) in [5.41, 5.74) is 2.87. The molecule has 3 rings (SSSR count). The molecule has 0 unspecified atom stereocenters. The van der Waals surface area contributed by atoms with Crippen LogP contribution < -0.4 is 15.4 Å². The number of nitrogens with one attached hydrogen (secondary N) is 2. The molecule has 0 atom stereocenters. The van der Waals surface area contributed by atoms with Gasteiger partial charge in [-0.25, -0.2) is 4.79 Å². The minimum atomic E-state index is -0.478. The van der Waals surface area contributed by atoms with E-state index in [4.69, 9.17) is 9.47 Å². The molecule has 0 aliphatic carbocycles. The second kappa shape index (κ2) is 13.1. The summed E-state index contributed by atoms with van der Waals surface area (Å²) in [4.78, 5) is 36.0. The van der Waals surface area contributed by atoms with Crippen LogP contribution in [0.1, 0.15) is 38.1 Å². The highest BCUT2D eigenvalue weighted by Crippen LogP contribution is 2.23. The van der Waals surface area contributed by atoms with Gasteiger partial charge >= 0.3 is 5.97 Å². The summed E-state index contributed by atoms with van der Waals surface area (Å²) in [5.74, 6) is -0.247. The number of benzene rings is 3. The van der Waals surface area contributed by atoms with Gasteiger partial charge in [0.25, 0.3) is 5.91 Å². The lowest BCUT2D eigenvalue weighted by Gasteiger charge is -2.17. The minimum Gasteiger partial charge on any atom is -0.490 e. The number of anilines is 2. The van der Waals surface area contributed by atoms with Crippen molar-refractivity contribution in [2.24, 2.45) is 15.6 Å². The van der Waals surface area contributed by atoms with Crippen molar-refractivity contribution in [1.82, 2.24) is 0 Å². The van der Waals surface area contributed by atoms with Crippen LogP contribution in [0.4, 0.5) is 22.7 Å². The van der Waals surface area contributed by atoms with Crippen molar-refractivity contribution in [2.45, 2.75) is 27.7 Å². The fraction of sp³-hybridized carbons (Fsp3) is 0.233. The SMILES string of the molecule is C=C(C)C(=O)OCCOc1ccc(C(=O)Nc2ccc(N=Nc3ccc(NC(=O)C(C)(C)C)cc3)cc2)cc1. The molecule has 0 bridgehead atoms. The number of hydrogen-bond donors (Lipinski definition) is 2. The van der Waals surface area contributed by atoms with Gasteiger partial charge < -0.3 is 20.1 Å². The topological polar surface area (TPSA) is 118 Å². The van der Waals surface area contributed by atoms with E-state index in [9.17, 15) is 14.4 Å². The summed E-state index contributed by atoms with van der Waals surface area (Å²) in [6.07, 6.45) is 0. The van der Waals surface area contributed by atoms with E-state index in [1.165, 1.54) is 0 Å². The molecule has 2 amide bonds. The quantitative estimate of drug-likeness (QED) is 0.129. The Morgan fingerprint density at radius 2 is 1.28 bits per heavy atom. The minimum absolute atomic E-state index is 0.0640.